The molecular weight excluding hydrogens is 276 g/mol. The van der Waals surface area contributed by atoms with Crippen LogP contribution in [0.3, 0.4) is 0 Å². The van der Waals surface area contributed by atoms with Crippen molar-refractivity contribution in [2.45, 2.75) is 19.4 Å². The number of hydrogen-bond donors (Lipinski definition) is 2. The van der Waals surface area contributed by atoms with Crippen LogP contribution >= 0.6 is 0 Å². The number of methoxy groups -OCH3 is 1. The molecule has 2 rings (SSSR count). The lowest BCUT2D eigenvalue weighted by atomic mass is 10.0. The lowest BCUT2D eigenvalue weighted by molar-refractivity contribution is -0.120. The van der Waals surface area contributed by atoms with E-state index in [1.165, 1.54) is 5.56 Å². The van der Waals surface area contributed by atoms with Gasteiger partial charge in [0.05, 0.1) is 7.11 Å². The van der Waals surface area contributed by atoms with Crippen LogP contribution in [0.15, 0.2) is 48.5 Å². The highest BCUT2D eigenvalue weighted by Gasteiger charge is 2.16. The lowest BCUT2D eigenvalue weighted by Crippen LogP contribution is -2.34. The number of nitrogens with one attached hydrogen (secondary N) is 1. The van der Waals surface area contributed by atoms with Gasteiger partial charge in [0.2, 0.25) is 5.91 Å². The third kappa shape index (κ3) is 4.09. The standard InChI is InChI=1S/C18H22N2O2/c1-13-8-9-16(22-2)15(12-13)10-11-20-17(18(19)21)14-6-4-3-5-7-14/h3-9,12,17,20H,10-11H2,1-2H3,(H2,19,21)/t17-/m1/s1. The van der Waals surface area contributed by atoms with E-state index in [2.05, 4.69) is 11.4 Å². The van der Waals surface area contributed by atoms with Crippen molar-refractivity contribution >= 4 is 5.91 Å². The minimum atomic E-state index is -0.475. The van der Waals surface area contributed by atoms with E-state index in [0.717, 1.165) is 23.3 Å². The first kappa shape index (κ1) is 16.0. The molecule has 0 aromatic heterocycles. The SMILES string of the molecule is COc1ccc(C)cc1CCN[C@@H](C(N)=O)c1ccccc1. The third-order valence-electron chi connectivity index (χ3n) is 3.60. The summed E-state index contributed by atoms with van der Waals surface area (Å²) in [5.74, 6) is 0.491. The maximum atomic E-state index is 11.7. The number of carbonyl (C=O) groups excluding carboxylic acids is 1. The summed E-state index contributed by atoms with van der Waals surface area (Å²) >= 11 is 0. The van der Waals surface area contributed by atoms with Crippen molar-refractivity contribution in [2.24, 2.45) is 5.73 Å². The largest absolute Gasteiger partial charge is 0.496 e. The van der Waals surface area contributed by atoms with E-state index in [-0.39, 0.29) is 5.91 Å². The monoisotopic (exact) mass is 298 g/mol. The van der Waals surface area contributed by atoms with Gasteiger partial charge in [-0.25, -0.2) is 0 Å². The number of aryl methyl sites for hydroxylation is 1. The molecule has 4 nitrogen and oxygen atoms in total. The van der Waals surface area contributed by atoms with Crippen LogP contribution in [0.5, 0.6) is 5.75 Å². The van der Waals surface area contributed by atoms with Crippen molar-refractivity contribution in [3.05, 3.63) is 65.2 Å². The zero-order valence-electron chi connectivity index (χ0n) is 13.0. The first-order valence-electron chi connectivity index (χ1n) is 7.33. The Morgan fingerprint density at radius 2 is 1.95 bits per heavy atom. The van der Waals surface area contributed by atoms with Crippen molar-refractivity contribution in [1.29, 1.82) is 0 Å². The fraction of sp³-hybridized carbons (Fsp3) is 0.278. The lowest BCUT2D eigenvalue weighted by Gasteiger charge is -2.16. The summed E-state index contributed by atoms with van der Waals surface area (Å²) in [6.07, 6.45) is 0.765. The molecular formula is C18H22N2O2. The molecule has 0 aliphatic heterocycles. The van der Waals surface area contributed by atoms with Crippen LogP contribution in [0.4, 0.5) is 0 Å². The van der Waals surface area contributed by atoms with Gasteiger partial charge in [0.1, 0.15) is 11.8 Å². The van der Waals surface area contributed by atoms with Crippen LogP contribution in [-0.2, 0) is 11.2 Å². The second kappa shape index (κ2) is 7.61. The molecule has 0 saturated heterocycles. The predicted octanol–water partition coefficient (Wildman–Crippen LogP) is 2.36. The van der Waals surface area contributed by atoms with Crippen LogP contribution in [-0.4, -0.2) is 19.6 Å². The molecule has 0 unspecified atom stereocenters. The summed E-state index contributed by atoms with van der Waals surface area (Å²) in [5.41, 5.74) is 8.69. The summed E-state index contributed by atoms with van der Waals surface area (Å²) in [6, 6.07) is 15.1. The number of ether oxygens (including phenoxy) is 1. The number of nitrogens with two attached hydrogens (primary N) is 1. The van der Waals surface area contributed by atoms with E-state index in [4.69, 9.17) is 10.5 Å². The van der Waals surface area contributed by atoms with Crippen LogP contribution in [0.2, 0.25) is 0 Å². The van der Waals surface area contributed by atoms with Gasteiger partial charge in [-0.2, -0.15) is 0 Å². The second-order valence-electron chi connectivity index (χ2n) is 5.27. The first-order chi connectivity index (χ1) is 10.6. The van der Waals surface area contributed by atoms with Crippen LogP contribution in [0.25, 0.3) is 0 Å². The Hall–Kier alpha value is -2.33. The van der Waals surface area contributed by atoms with Gasteiger partial charge in [0.15, 0.2) is 0 Å². The molecule has 116 valence electrons. The fourth-order valence-corrected chi connectivity index (χ4v) is 2.48. The van der Waals surface area contributed by atoms with Gasteiger partial charge < -0.3 is 15.8 Å². The first-order valence-corrected chi connectivity index (χ1v) is 7.33. The molecule has 2 aromatic carbocycles. The highest BCUT2D eigenvalue weighted by atomic mass is 16.5. The van der Waals surface area contributed by atoms with Gasteiger partial charge in [0, 0.05) is 6.54 Å². The molecule has 2 aromatic rings. The second-order valence-corrected chi connectivity index (χ2v) is 5.27. The summed E-state index contributed by atoms with van der Waals surface area (Å²) < 4.78 is 5.37. The van der Waals surface area contributed by atoms with E-state index < -0.39 is 6.04 Å². The molecule has 0 aliphatic rings. The Kier molecular flexibility index (Phi) is 5.55. The number of rotatable bonds is 7. The molecule has 3 N–H and O–H groups in total. The van der Waals surface area contributed by atoms with E-state index >= 15 is 0 Å². The topological polar surface area (TPSA) is 64.3 Å². The van der Waals surface area contributed by atoms with Crippen LogP contribution < -0.4 is 15.8 Å². The molecule has 1 amide bonds. The summed E-state index contributed by atoms with van der Waals surface area (Å²) in [7, 11) is 1.66. The van der Waals surface area contributed by atoms with E-state index in [1.54, 1.807) is 7.11 Å². The number of carbonyl (C=O) groups is 1. The normalized spacial score (nSPS) is 11.9. The zero-order valence-corrected chi connectivity index (χ0v) is 13.0. The van der Waals surface area contributed by atoms with Gasteiger partial charge in [-0.3, -0.25) is 4.79 Å². The number of hydrogen-bond acceptors (Lipinski definition) is 3. The zero-order chi connectivity index (χ0) is 15.9. The van der Waals surface area contributed by atoms with Crippen LogP contribution in [0.1, 0.15) is 22.7 Å². The summed E-state index contributed by atoms with van der Waals surface area (Å²) in [5, 5.41) is 3.22. The Morgan fingerprint density at radius 3 is 2.59 bits per heavy atom. The third-order valence-corrected chi connectivity index (χ3v) is 3.60. The highest BCUT2D eigenvalue weighted by Crippen LogP contribution is 2.20. The van der Waals surface area contributed by atoms with Crippen LogP contribution in [0, 0.1) is 6.92 Å². The molecule has 0 heterocycles. The van der Waals surface area contributed by atoms with Gasteiger partial charge in [-0.15, -0.1) is 0 Å². The minimum absolute atomic E-state index is 0.373. The van der Waals surface area contributed by atoms with Crippen molar-refractivity contribution in [1.82, 2.24) is 5.32 Å². The van der Waals surface area contributed by atoms with Gasteiger partial charge >= 0.3 is 0 Å². The van der Waals surface area contributed by atoms with Crippen molar-refractivity contribution < 1.29 is 9.53 Å². The Morgan fingerprint density at radius 1 is 1.23 bits per heavy atom. The van der Waals surface area contributed by atoms with E-state index in [0.29, 0.717) is 6.54 Å². The molecule has 22 heavy (non-hydrogen) atoms. The summed E-state index contributed by atoms with van der Waals surface area (Å²) in [6.45, 7) is 2.69. The molecule has 0 saturated carbocycles. The maximum absolute atomic E-state index is 11.7. The number of benzene rings is 2. The van der Waals surface area contributed by atoms with Gasteiger partial charge in [0.25, 0.3) is 0 Å². The quantitative estimate of drug-likeness (QED) is 0.825. The van der Waals surface area contributed by atoms with Crippen molar-refractivity contribution in [2.75, 3.05) is 13.7 Å². The molecule has 4 heteroatoms. The number of primary amides is 1. The maximum Gasteiger partial charge on any atom is 0.239 e. The van der Waals surface area contributed by atoms with Gasteiger partial charge in [-0.1, -0.05) is 48.0 Å². The number of amides is 1. The average molecular weight is 298 g/mol. The molecule has 1 atom stereocenters. The fourth-order valence-electron chi connectivity index (χ4n) is 2.48. The predicted molar refractivity (Wildman–Crippen MR) is 87.8 cm³/mol. The van der Waals surface area contributed by atoms with E-state index in [1.807, 2.05) is 49.4 Å². The Balaban J connectivity index is 2.02. The molecule has 0 fully saturated rings. The molecule has 0 bridgehead atoms. The Labute approximate surface area is 131 Å². The molecule has 0 aliphatic carbocycles. The van der Waals surface area contributed by atoms with Gasteiger partial charge in [-0.05, 0) is 30.5 Å². The van der Waals surface area contributed by atoms with Crippen molar-refractivity contribution in [3.8, 4) is 5.75 Å². The summed E-state index contributed by atoms with van der Waals surface area (Å²) in [4.78, 5) is 11.7. The van der Waals surface area contributed by atoms with Crippen molar-refractivity contribution in [3.63, 3.8) is 0 Å². The Bertz CT molecular complexity index is 626. The minimum Gasteiger partial charge on any atom is -0.496 e. The molecule has 0 spiro atoms. The average Bonchev–Trinajstić information content (AvgIpc) is 2.52. The molecule has 0 radical (unpaired) electrons. The van der Waals surface area contributed by atoms with E-state index in [9.17, 15) is 4.79 Å². The smallest absolute Gasteiger partial charge is 0.239 e. The highest BCUT2D eigenvalue weighted by molar-refractivity contribution is 5.81.